The van der Waals surface area contributed by atoms with Gasteiger partial charge in [0.15, 0.2) is 5.96 Å². The molecule has 12 heteroatoms. The first-order valence-corrected chi connectivity index (χ1v) is 9.98. The largest absolute Gasteiger partial charge is 0.433 e. The maximum atomic E-state index is 12.7. The molecule has 0 fully saturated rings. The number of alkyl halides is 3. The number of halogens is 4. The van der Waals surface area contributed by atoms with Gasteiger partial charge in [-0.1, -0.05) is 18.2 Å². The van der Waals surface area contributed by atoms with Crippen LogP contribution in [0.15, 0.2) is 47.6 Å². The van der Waals surface area contributed by atoms with E-state index < -0.39 is 11.9 Å². The minimum absolute atomic E-state index is 0. The maximum absolute atomic E-state index is 12.7. The van der Waals surface area contributed by atoms with Crippen molar-refractivity contribution < 1.29 is 13.2 Å². The SMILES string of the molecule is CN=C(NCCNc1nccc(C(F)(F)F)n1)NCc1ccccc1-n1nc(C)cc1C.I. The van der Waals surface area contributed by atoms with E-state index in [0.29, 0.717) is 25.6 Å². The smallest absolute Gasteiger partial charge is 0.355 e. The number of rotatable bonds is 7. The molecule has 0 saturated heterocycles. The van der Waals surface area contributed by atoms with Crippen molar-refractivity contribution in [2.75, 3.05) is 25.5 Å². The molecule has 3 aromatic rings. The summed E-state index contributed by atoms with van der Waals surface area (Å²) in [5.74, 6) is 0.475. The summed E-state index contributed by atoms with van der Waals surface area (Å²) >= 11 is 0. The number of aryl methyl sites for hydroxylation is 2. The quantitative estimate of drug-likeness (QED) is 0.173. The molecule has 0 aliphatic carbocycles. The van der Waals surface area contributed by atoms with Crippen molar-refractivity contribution in [1.29, 1.82) is 0 Å². The molecule has 3 rings (SSSR count). The molecule has 2 heterocycles. The van der Waals surface area contributed by atoms with Crippen LogP contribution in [0.5, 0.6) is 0 Å². The molecule has 0 aliphatic rings. The minimum Gasteiger partial charge on any atom is -0.355 e. The molecule has 0 atom stereocenters. The Kier molecular flexibility index (Phi) is 9.44. The van der Waals surface area contributed by atoms with E-state index in [1.54, 1.807) is 7.05 Å². The number of para-hydroxylation sites is 1. The van der Waals surface area contributed by atoms with Crippen LogP contribution in [0.25, 0.3) is 5.69 Å². The zero-order valence-electron chi connectivity index (χ0n) is 18.4. The van der Waals surface area contributed by atoms with Crippen LogP contribution in [0.4, 0.5) is 19.1 Å². The fourth-order valence-electron chi connectivity index (χ4n) is 3.10. The number of aliphatic imine (C=N–C) groups is 1. The topological polar surface area (TPSA) is 92.0 Å². The molecule has 0 radical (unpaired) electrons. The van der Waals surface area contributed by atoms with Crippen molar-refractivity contribution in [3.8, 4) is 5.69 Å². The Morgan fingerprint density at radius 1 is 1.09 bits per heavy atom. The van der Waals surface area contributed by atoms with Crippen LogP contribution in [0.2, 0.25) is 0 Å². The fourth-order valence-corrected chi connectivity index (χ4v) is 3.10. The summed E-state index contributed by atoms with van der Waals surface area (Å²) in [5.41, 5.74) is 3.02. The normalized spacial score (nSPS) is 11.6. The average molecular weight is 574 g/mol. The molecule has 8 nitrogen and oxygen atoms in total. The average Bonchev–Trinajstić information content (AvgIpc) is 3.10. The standard InChI is InChI=1S/C21H25F3N8.HI/c1-14-12-15(2)32(31-14)17-7-5-4-6-16(17)13-29-19(25-3)27-10-11-28-20-26-9-8-18(30-20)21(22,23)24;/h4-9,12H,10-11,13H2,1-3H3,(H2,25,27,29)(H,26,28,30);1H. The third kappa shape index (κ3) is 7.30. The van der Waals surface area contributed by atoms with E-state index in [1.807, 2.05) is 48.9 Å². The van der Waals surface area contributed by atoms with Gasteiger partial charge in [-0.3, -0.25) is 4.99 Å². The lowest BCUT2D eigenvalue weighted by Crippen LogP contribution is -2.39. The Balaban J connectivity index is 0.00000385. The molecule has 33 heavy (non-hydrogen) atoms. The fraction of sp³-hybridized carbons (Fsp3) is 0.333. The summed E-state index contributed by atoms with van der Waals surface area (Å²) < 4.78 is 40.1. The number of guanidine groups is 1. The number of nitrogens with one attached hydrogen (secondary N) is 3. The molecule has 1 aromatic carbocycles. The van der Waals surface area contributed by atoms with Crippen LogP contribution in [0.3, 0.4) is 0 Å². The predicted octanol–water partition coefficient (Wildman–Crippen LogP) is 3.69. The third-order valence-corrected chi connectivity index (χ3v) is 4.55. The van der Waals surface area contributed by atoms with E-state index in [4.69, 9.17) is 0 Å². The van der Waals surface area contributed by atoms with Gasteiger partial charge in [0.25, 0.3) is 0 Å². The maximum Gasteiger partial charge on any atom is 0.433 e. The summed E-state index contributed by atoms with van der Waals surface area (Å²) in [7, 11) is 1.64. The second-order valence-electron chi connectivity index (χ2n) is 7.01. The summed E-state index contributed by atoms with van der Waals surface area (Å²) in [6, 6.07) is 10.8. The highest BCUT2D eigenvalue weighted by atomic mass is 127. The molecular weight excluding hydrogens is 548 g/mol. The lowest BCUT2D eigenvalue weighted by Gasteiger charge is -2.15. The molecule has 178 valence electrons. The number of hydrogen-bond acceptors (Lipinski definition) is 5. The highest BCUT2D eigenvalue weighted by Crippen LogP contribution is 2.27. The van der Waals surface area contributed by atoms with Gasteiger partial charge >= 0.3 is 6.18 Å². The van der Waals surface area contributed by atoms with Gasteiger partial charge in [0.05, 0.1) is 11.4 Å². The van der Waals surface area contributed by atoms with Gasteiger partial charge in [0.1, 0.15) is 5.69 Å². The molecule has 2 aromatic heterocycles. The van der Waals surface area contributed by atoms with Gasteiger partial charge in [-0.25, -0.2) is 14.6 Å². The molecule has 0 saturated carbocycles. The molecule has 3 N–H and O–H groups in total. The number of aromatic nitrogens is 4. The van der Waals surface area contributed by atoms with Gasteiger partial charge < -0.3 is 16.0 Å². The van der Waals surface area contributed by atoms with E-state index in [0.717, 1.165) is 34.9 Å². The summed E-state index contributed by atoms with van der Waals surface area (Å²) in [4.78, 5) is 11.5. The molecule has 0 spiro atoms. The molecule has 0 aliphatic heterocycles. The number of anilines is 1. The van der Waals surface area contributed by atoms with Crippen LogP contribution in [0.1, 0.15) is 22.6 Å². The number of hydrogen-bond donors (Lipinski definition) is 3. The van der Waals surface area contributed by atoms with Crippen molar-refractivity contribution >= 4 is 35.9 Å². The van der Waals surface area contributed by atoms with Crippen LogP contribution >= 0.6 is 24.0 Å². The first-order chi connectivity index (χ1) is 15.3. The summed E-state index contributed by atoms with van der Waals surface area (Å²) in [6.45, 7) is 5.18. The number of nitrogens with zero attached hydrogens (tertiary/aromatic N) is 5. The van der Waals surface area contributed by atoms with Gasteiger partial charge in [-0.2, -0.15) is 18.3 Å². The van der Waals surface area contributed by atoms with Gasteiger partial charge in [-0.05, 0) is 37.6 Å². The lowest BCUT2D eigenvalue weighted by molar-refractivity contribution is -0.141. The Morgan fingerprint density at radius 3 is 2.52 bits per heavy atom. The van der Waals surface area contributed by atoms with Crippen LogP contribution < -0.4 is 16.0 Å². The van der Waals surface area contributed by atoms with Crippen LogP contribution in [0, 0.1) is 13.8 Å². The Labute approximate surface area is 207 Å². The summed E-state index contributed by atoms with van der Waals surface area (Å²) in [5, 5.41) is 13.7. The third-order valence-electron chi connectivity index (χ3n) is 4.55. The van der Waals surface area contributed by atoms with Crippen LogP contribution in [-0.4, -0.2) is 45.8 Å². The highest BCUT2D eigenvalue weighted by molar-refractivity contribution is 14.0. The van der Waals surface area contributed by atoms with Crippen molar-refractivity contribution in [3.63, 3.8) is 0 Å². The highest BCUT2D eigenvalue weighted by Gasteiger charge is 2.32. The van der Waals surface area contributed by atoms with Crippen molar-refractivity contribution in [2.24, 2.45) is 4.99 Å². The van der Waals surface area contributed by atoms with E-state index >= 15 is 0 Å². The summed E-state index contributed by atoms with van der Waals surface area (Å²) in [6.07, 6.45) is -3.43. The first kappa shape index (κ1) is 26.4. The zero-order valence-corrected chi connectivity index (χ0v) is 20.8. The van der Waals surface area contributed by atoms with E-state index in [1.165, 1.54) is 0 Å². The molecule has 0 unspecified atom stereocenters. The zero-order chi connectivity index (χ0) is 23.1. The van der Waals surface area contributed by atoms with Gasteiger partial charge in [0, 0.05) is 38.6 Å². The molecule has 0 bridgehead atoms. The Hall–Kier alpha value is -2.90. The van der Waals surface area contributed by atoms with E-state index in [9.17, 15) is 13.2 Å². The second kappa shape index (κ2) is 11.8. The first-order valence-electron chi connectivity index (χ1n) is 9.98. The second-order valence-corrected chi connectivity index (χ2v) is 7.01. The van der Waals surface area contributed by atoms with E-state index in [2.05, 4.69) is 36.0 Å². The lowest BCUT2D eigenvalue weighted by atomic mass is 10.1. The van der Waals surface area contributed by atoms with Crippen molar-refractivity contribution in [3.05, 3.63) is 65.2 Å². The monoisotopic (exact) mass is 574 g/mol. The van der Waals surface area contributed by atoms with Gasteiger partial charge in [0.2, 0.25) is 5.95 Å². The minimum atomic E-state index is -4.51. The Bertz CT molecular complexity index is 1080. The Morgan fingerprint density at radius 2 is 1.85 bits per heavy atom. The van der Waals surface area contributed by atoms with Gasteiger partial charge in [-0.15, -0.1) is 24.0 Å². The van der Waals surface area contributed by atoms with Crippen LogP contribution in [-0.2, 0) is 12.7 Å². The molecule has 0 amide bonds. The van der Waals surface area contributed by atoms with E-state index in [-0.39, 0.29) is 29.9 Å². The number of benzene rings is 1. The molecular formula is C21H26F3IN8. The predicted molar refractivity (Wildman–Crippen MR) is 132 cm³/mol. The van der Waals surface area contributed by atoms with Crippen molar-refractivity contribution in [2.45, 2.75) is 26.6 Å². The van der Waals surface area contributed by atoms with Crippen molar-refractivity contribution in [1.82, 2.24) is 30.4 Å².